The summed E-state index contributed by atoms with van der Waals surface area (Å²) in [5, 5.41) is 9.91. The fourth-order valence-corrected chi connectivity index (χ4v) is 0.848. The first-order valence-corrected chi connectivity index (χ1v) is 3.84. The van der Waals surface area contributed by atoms with Crippen LogP contribution in [-0.4, -0.2) is 29.0 Å². The Bertz CT molecular complexity index is 182. The summed E-state index contributed by atoms with van der Waals surface area (Å²) in [5.41, 5.74) is 0. The first-order valence-electron chi connectivity index (χ1n) is 3.84. The molecule has 1 heterocycles. The van der Waals surface area contributed by atoms with Crippen LogP contribution in [0, 0.1) is 6.20 Å². The molecule has 0 aliphatic heterocycles. The first-order chi connectivity index (χ1) is 5.34. The van der Waals surface area contributed by atoms with Gasteiger partial charge in [-0.25, -0.2) is 5.10 Å². The van der Waals surface area contributed by atoms with Gasteiger partial charge in [0.15, 0.2) is 12.0 Å². The summed E-state index contributed by atoms with van der Waals surface area (Å²) >= 11 is 0. The first kappa shape index (κ1) is 8.04. The largest absolute Gasteiger partial charge is 0.358 e. The number of nitrogens with zero attached hydrogens (tertiary/aromatic N) is 3. The average molecular weight is 153 g/mol. The number of unbranched alkanes of at least 4 members (excludes halogenated alkanes) is 1. The van der Waals surface area contributed by atoms with Crippen molar-refractivity contribution in [3.8, 4) is 0 Å². The zero-order chi connectivity index (χ0) is 8.10. The van der Waals surface area contributed by atoms with Crippen LogP contribution in [0.2, 0.25) is 0 Å². The Morgan fingerprint density at radius 1 is 1.64 bits per heavy atom. The van der Waals surface area contributed by atoms with Gasteiger partial charge in [-0.15, -0.1) is 5.10 Å². The second-order valence-corrected chi connectivity index (χ2v) is 2.55. The van der Waals surface area contributed by atoms with Crippen LogP contribution in [0.3, 0.4) is 0 Å². The summed E-state index contributed by atoms with van der Waals surface area (Å²) < 4.78 is 0. The normalized spacial score (nSPS) is 10.0. The molecule has 0 bridgehead atoms. The van der Waals surface area contributed by atoms with Gasteiger partial charge in [0.25, 0.3) is 0 Å². The van der Waals surface area contributed by atoms with Crippen LogP contribution in [-0.2, 0) is 0 Å². The molecule has 0 fully saturated rings. The lowest BCUT2D eigenvalue weighted by Gasteiger charge is -2.14. The minimum absolute atomic E-state index is 0.860. The smallest absolute Gasteiger partial charge is 0.161 e. The molecule has 1 radical (unpaired) electrons. The number of hydrogen-bond acceptors (Lipinski definition) is 3. The number of H-pyrrole nitrogens is 1. The third-order valence-corrected chi connectivity index (χ3v) is 1.59. The van der Waals surface area contributed by atoms with Crippen molar-refractivity contribution in [2.75, 3.05) is 18.5 Å². The van der Waals surface area contributed by atoms with Gasteiger partial charge in [0.2, 0.25) is 0 Å². The third-order valence-electron chi connectivity index (χ3n) is 1.59. The van der Waals surface area contributed by atoms with Gasteiger partial charge >= 0.3 is 0 Å². The molecule has 0 spiro atoms. The molecule has 0 atom stereocenters. The highest BCUT2D eigenvalue weighted by atomic mass is 15.4. The quantitative estimate of drug-likeness (QED) is 0.697. The Morgan fingerprint density at radius 3 is 3.00 bits per heavy atom. The highest BCUT2D eigenvalue weighted by molar-refractivity contribution is 5.30. The maximum absolute atomic E-state index is 3.58. The molecule has 0 saturated carbocycles. The summed E-state index contributed by atoms with van der Waals surface area (Å²) in [7, 11) is 2.00. The number of anilines is 1. The van der Waals surface area contributed by atoms with Crippen molar-refractivity contribution < 1.29 is 0 Å². The topological polar surface area (TPSA) is 44.8 Å². The van der Waals surface area contributed by atoms with Gasteiger partial charge in [0.1, 0.15) is 0 Å². The van der Waals surface area contributed by atoms with E-state index in [4.69, 9.17) is 0 Å². The van der Waals surface area contributed by atoms with E-state index in [0.29, 0.717) is 0 Å². The molecular weight excluding hydrogens is 140 g/mol. The van der Waals surface area contributed by atoms with Gasteiger partial charge in [-0.3, -0.25) is 0 Å². The van der Waals surface area contributed by atoms with Gasteiger partial charge in [-0.05, 0) is 6.42 Å². The predicted octanol–water partition coefficient (Wildman–Crippen LogP) is 0.841. The van der Waals surface area contributed by atoms with E-state index >= 15 is 0 Å². The third kappa shape index (κ3) is 2.22. The number of rotatable bonds is 4. The van der Waals surface area contributed by atoms with Crippen LogP contribution < -0.4 is 4.90 Å². The van der Waals surface area contributed by atoms with E-state index in [9.17, 15) is 0 Å². The molecule has 0 amide bonds. The summed E-state index contributed by atoms with van der Waals surface area (Å²) in [4.78, 5) is 2.06. The van der Waals surface area contributed by atoms with Crippen molar-refractivity contribution >= 4 is 5.82 Å². The average Bonchev–Trinajstić information content (AvgIpc) is 2.52. The SMILES string of the molecule is CCCCN(C)c1[c]nn[nH]1. The van der Waals surface area contributed by atoms with Gasteiger partial charge < -0.3 is 4.90 Å². The van der Waals surface area contributed by atoms with Crippen molar-refractivity contribution in [2.24, 2.45) is 0 Å². The van der Waals surface area contributed by atoms with Crippen LogP contribution in [0.5, 0.6) is 0 Å². The lowest BCUT2D eigenvalue weighted by atomic mass is 10.3. The maximum Gasteiger partial charge on any atom is 0.161 e. The highest BCUT2D eigenvalue weighted by Crippen LogP contribution is 2.03. The van der Waals surface area contributed by atoms with Crippen LogP contribution >= 0.6 is 0 Å². The van der Waals surface area contributed by atoms with Crippen LogP contribution in [0.4, 0.5) is 5.82 Å². The minimum atomic E-state index is 0.860. The van der Waals surface area contributed by atoms with Crippen molar-refractivity contribution in [3.05, 3.63) is 6.20 Å². The fourth-order valence-electron chi connectivity index (χ4n) is 0.848. The maximum atomic E-state index is 3.58. The second-order valence-electron chi connectivity index (χ2n) is 2.55. The van der Waals surface area contributed by atoms with Crippen molar-refractivity contribution in [2.45, 2.75) is 19.8 Å². The number of aromatic amines is 1. The second kappa shape index (κ2) is 3.95. The van der Waals surface area contributed by atoms with Gasteiger partial charge in [-0.1, -0.05) is 18.6 Å². The molecule has 1 N–H and O–H groups in total. The van der Waals surface area contributed by atoms with Crippen molar-refractivity contribution in [1.29, 1.82) is 0 Å². The zero-order valence-corrected chi connectivity index (χ0v) is 6.96. The van der Waals surface area contributed by atoms with E-state index < -0.39 is 0 Å². The Balaban J connectivity index is 2.36. The molecule has 4 heteroatoms. The van der Waals surface area contributed by atoms with E-state index in [1.165, 1.54) is 12.8 Å². The number of nitrogens with one attached hydrogen (secondary N) is 1. The predicted molar refractivity (Wildman–Crippen MR) is 43.4 cm³/mol. The van der Waals surface area contributed by atoms with E-state index in [1.54, 1.807) is 0 Å². The molecule has 0 unspecified atom stereocenters. The van der Waals surface area contributed by atoms with Gasteiger partial charge in [0.05, 0.1) is 0 Å². The summed E-state index contributed by atoms with van der Waals surface area (Å²) in [6.07, 6.45) is 5.14. The molecule has 1 aromatic heterocycles. The molecule has 11 heavy (non-hydrogen) atoms. The summed E-state index contributed by atoms with van der Waals surface area (Å²) in [6, 6.07) is 0. The Hall–Kier alpha value is -1.06. The molecule has 1 rings (SSSR count). The summed E-state index contributed by atoms with van der Waals surface area (Å²) in [5.74, 6) is 0.860. The van der Waals surface area contributed by atoms with E-state index in [0.717, 1.165) is 12.4 Å². The summed E-state index contributed by atoms with van der Waals surface area (Å²) in [6.45, 7) is 3.19. The molecule has 0 aromatic carbocycles. The van der Waals surface area contributed by atoms with Gasteiger partial charge in [0, 0.05) is 13.6 Å². The van der Waals surface area contributed by atoms with Crippen molar-refractivity contribution in [3.63, 3.8) is 0 Å². The van der Waals surface area contributed by atoms with E-state index in [2.05, 4.69) is 33.4 Å². The Morgan fingerprint density at radius 2 is 2.45 bits per heavy atom. The van der Waals surface area contributed by atoms with E-state index in [-0.39, 0.29) is 0 Å². The molecule has 0 saturated heterocycles. The molecule has 0 aliphatic carbocycles. The van der Waals surface area contributed by atoms with Crippen LogP contribution in [0.25, 0.3) is 0 Å². The van der Waals surface area contributed by atoms with Gasteiger partial charge in [-0.2, -0.15) is 0 Å². The van der Waals surface area contributed by atoms with Crippen LogP contribution in [0.1, 0.15) is 19.8 Å². The highest BCUT2D eigenvalue weighted by Gasteiger charge is 2.00. The lowest BCUT2D eigenvalue weighted by Crippen LogP contribution is -2.18. The molecular formula is C7H13N4. The zero-order valence-electron chi connectivity index (χ0n) is 6.96. The Kier molecular flexibility index (Phi) is 2.89. The molecule has 0 aliphatic rings. The molecule has 1 aromatic rings. The standard InChI is InChI=1S/C7H13N4/c1-3-4-5-11(2)7-6-8-10-9-7/h3-5H2,1-2H3,(H,8,9,10). The minimum Gasteiger partial charge on any atom is -0.358 e. The lowest BCUT2D eigenvalue weighted by molar-refractivity contribution is 0.757. The Labute approximate surface area is 66.6 Å². The molecule has 4 nitrogen and oxygen atoms in total. The van der Waals surface area contributed by atoms with E-state index in [1.807, 2.05) is 7.05 Å². The fraction of sp³-hybridized carbons (Fsp3) is 0.714. The van der Waals surface area contributed by atoms with Crippen molar-refractivity contribution in [1.82, 2.24) is 15.4 Å². The monoisotopic (exact) mass is 153 g/mol. The number of aromatic nitrogens is 3. The number of hydrogen-bond donors (Lipinski definition) is 1. The van der Waals surface area contributed by atoms with Crippen LogP contribution in [0.15, 0.2) is 0 Å². The molecule has 61 valence electrons.